The third-order valence-electron chi connectivity index (χ3n) is 3.27. The third kappa shape index (κ3) is 2.86. The Labute approximate surface area is 134 Å². The summed E-state index contributed by atoms with van der Waals surface area (Å²) < 4.78 is 9.90. The van der Waals surface area contributed by atoms with Gasteiger partial charge in [0.15, 0.2) is 11.9 Å². The second-order valence-electron chi connectivity index (χ2n) is 4.91. The molecule has 0 spiro atoms. The average molecular weight is 329 g/mol. The van der Waals surface area contributed by atoms with E-state index in [9.17, 15) is 19.7 Å². The molecule has 0 saturated heterocycles. The Bertz CT molecular complexity index is 990. The minimum Gasteiger partial charge on any atom is -0.449 e. The highest BCUT2D eigenvalue weighted by Gasteiger charge is 2.22. The summed E-state index contributed by atoms with van der Waals surface area (Å²) in [7, 11) is 0. The van der Waals surface area contributed by atoms with E-state index < -0.39 is 22.9 Å². The van der Waals surface area contributed by atoms with Gasteiger partial charge in [-0.05, 0) is 25.1 Å². The first kappa shape index (κ1) is 15.4. The minimum atomic E-state index is -0.897. The van der Waals surface area contributed by atoms with Crippen molar-refractivity contribution in [2.75, 3.05) is 0 Å². The van der Waals surface area contributed by atoms with Crippen molar-refractivity contribution in [1.82, 2.24) is 9.97 Å². The molecule has 0 saturated carbocycles. The molecule has 0 fully saturated rings. The number of esters is 1. The fourth-order valence-electron chi connectivity index (χ4n) is 2.11. The molecule has 9 heteroatoms. The minimum absolute atomic E-state index is 0.160. The van der Waals surface area contributed by atoms with Gasteiger partial charge in [-0.1, -0.05) is 12.1 Å². The summed E-state index contributed by atoms with van der Waals surface area (Å²) >= 11 is 0. The lowest BCUT2D eigenvalue weighted by Crippen LogP contribution is -2.17. The van der Waals surface area contributed by atoms with Gasteiger partial charge in [-0.15, -0.1) is 0 Å². The molecule has 122 valence electrons. The molecule has 0 amide bonds. The molecule has 2 aromatic heterocycles. The first-order chi connectivity index (χ1) is 11.5. The molecule has 24 heavy (non-hydrogen) atoms. The number of rotatable bonds is 4. The maximum Gasteiger partial charge on any atom is 0.433 e. The van der Waals surface area contributed by atoms with Gasteiger partial charge in [0.1, 0.15) is 4.92 Å². The largest absolute Gasteiger partial charge is 0.449 e. The van der Waals surface area contributed by atoms with Crippen molar-refractivity contribution in [3.05, 3.63) is 68.5 Å². The van der Waals surface area contributed by atoms with Crippen LogP contribution in [0, 0.1) is 10.1 Å². The number of aromatic nitrogens is 2. The van der Waals surface area contributed by atoms with E-state index in [1.807, 2.05) is 0 Å². The van der Waals surface area contributed by atoms with Gasteiger partial charge in [-0.2, -0.15) is 0 Å². The van der Waals surface area contributed by atoms with Crippen LogP contribution in [-0.2, 0) is 4.74 Å². The normalized spacial score (nSPS) is 12.0. The summed E-state index contributed by atoms with van der Waals surface area (Å²) in [5.41, 5.74) is 0.111. The van der Waals surface area contributed by atoms with Gasteiger partial charge in [-0.25, -0.2) is 9.78 Å². The van der Waals surface area contributed by atoms with E-state index in [-0.39, 0.29) is 17.1 Å². The number of hydrogen-bond donors (Lipinski definition) is 1. The standard InChI is InChI=1S/C15H11N3O6/c1-8(23-15(20)11-6-7-12(24-11)18(21)22)13-16-10-5-3-2-4-9(10)14(19)17-13/h2-8H,1H3,(H,16,17,19)/t8-/m1/s1. The molecule has 9 nitrogen and oxygen atoms in total. The van der Waals surface area contributed by atoms with Crippen LogP contribution < -0.4 is 5.56 Å². The molecular formula is C15H11N3O6. The van der Waals surface area contributed by atoms with Crippen LogP contribution in [0.4, 0.5) is 5.88 Å². The van der Waals surface area contributed by atoms with E-state index in [4.69, 9.17) is 9.15 Å². The number of para-hydroxylation sites is 1. The number of nitro groups is 1. The molecule has 1 N–H and O–H groups in total. The summed E-state index contributed by atoms with van der Waals surface area (Å²) in [4.78, 5) is 40.5. The van der Waals surface area contributed by atoms with Crippen molar-refractivity contribution in [1.29, 1.82) is 0 Å². The molecule has 0 unspecified atom stereocenters. The Balaban J connectivity index is 1.83. The van der Waals surface area contributed by atoms with E-state index in [1.165, 1.54) is 6.92 Å². The van der Waals surface area contributed by atoms with Crippen LogP contribution in [0.2, 0.25) is 0 Å². The van der Waals surface area contributed by atoms with Crippen LogP contribution in [-0.4, -0.2) is 20.9 Å². The van der Waals surface area contributed by atoms with Crippen molar-refractivity contribution in [2.45, 2.75) is 13.0 Å². The number of hydrogen-bond acceptors (Lipinski definition) is 7. The van der Waals surface area contributed by atoms with Gasteiger partial charge >= 0.3 is 11.9 Å². The van der Waals surface area contributed by atoms with Gasteiger partial charge in [0.2, 0.25) is 5.76 Å². The number of carbonyl (C=O) groups is 1. The Morgan fingerprint density at radius 3 is 2.79 bits per heavy atom. The van der Waals surface area contributed by atoms with Gasteiger partial charge in [-0.3, -0.25) is 14.9 Å². The van der Waals surface area contributed by atoms with E-state index in [1.54, 1.807) is 24.3 Å². The van der Waals surface area contributed by atoms with Gasteiger partial charge < -0.3 is 14.1 Å². The van der Waals surface area contributed by atoms with E-state index in [0.717, 1.165) is 12.1 Å². The Kier molecular flexibility index (Phi) is 3.82. The number of carbonyl (C=O) groups excluding carboxylic acids is 1. The Hall–Kier alpha value is -3.49. The summed E-state index contributed by atoms with van der Waals surface area (Å²) in [6.45, 7) is 1.52. The van der Waals surface area contributed by atoms with E-state index >= 15 is 0 Å². The Morgan fingerprint density at radius 1 is 1.33 bits per heavy atom. The highest BCUT2D eigenvalue weighted by Crippen LogP contribution is 2.20. The number of furan rings is 1. The Morgan fingerprint density at radius 2 is 2.08 bits per heavy atom. The average Bonchev–Trinajstić information content (AvgIpc) is 3.05. The molecule has 1 aromatic carbocycles. The van der Waals surface area contributed by atoms with Crippen LogP contribution in [0.1, 0.15) is 29.4 Å². The smallest absolute Gasteiger partial charge is 0.433 e. The summed E-state index contributed by atoms with van der Waals surface area (Å²) in [6.07, 6.45) is -0.876. The monoisotopic (exact) mass is 329 g/mol. The molecule has 0 aliphatic carbocycles. The lowest BCUT2D eigenvalue weighted by Gasteiger charge is -2.11. The van der Waals surface area contributed by atoms with Crippen LogP contribution >= 0.6 is 0 Å². The summed E-state index contributed by atoms with van der Waals surface area (Å²) in [5, 5.41) is 11.0. The molecule has 0 radical (unpaired) electrons. The third-order valence-corrected chi connectivity index (χ3v) is 3.27. The first-order valence-electron chi connectivity index (χ1n) is 6.90. The lowest BCUT2D eigenvalue weighted by molar-refractivity contribution is -0.402. The van der Waals surface area contributed by atoms with E-state index in [2.05, 4.69) is 9.97 Å². The molecule has 0 bridgehead atoms. The maximum atomic E-state index is 12.0. The van der Waals surface area contributed by atoms with Crippen LogP contribution in [0.5, 0.6) is 0 Å². The van der Waals surface area contributed by atoms with Gasteiger partial charge in [0, 0.05) is 0 Å². The maximum absolute atomic E-state index is 12.0. The zero-order chi connectivity index (χ0) is 17.3. The number of nitrogens with one attached hydrogen (secondary N) is 1. The number of H-pyrrole nitrogens is 1. The van der Waals surface area contributed by atoms with Crippen LogP contribution in [0.25, 0.3) is 10.9 Å². The summed E-state index contributed by atoms with van der Waals surface area (Å²) in [6, 6.07) is 8.94. The van der Waals surface area contributed by atoms with Crippen molar-refractivity contribution in [3.8, 4) is 0 Å². The molecule has 3 aromatic rings. The van der Waals surface area contributed by atoms with Gasteiger partial charge in [0.25, 0.3) is 5.56 Å². The summed E-state index contributed by atoms with van der Waals surface area (Å²) in [5.74, 6) is -1.61. The molecule has 1 atom stereocenters. The number of fused-ring (bicyclic) bond motifs is 1. The molecule has 0 aliphatic rings. The number of ether oxygens (including phenoxy) is 1. The fourth-order valence-corrected chi connectivity index (χ4v) is 2.11. The second-order valence-corrected chi connectivity index (χ2v) is 4.91. The zero-order valence-electron chi connectivity index (χ0n) is 12.4. The highest BCUT2D eigenvalue weighted by molar-refractivity contribution is 5.86. The van der Waals surface area contributed by atoms with E-state index in [0.29, 0.717) is 10.9 Å². The predicted molar refractivity (Wildman–Crippen MR) is 81.6 cm³/mol. The van der Waals surface area contributed by atoms with Crippen molar-refractivity contribution in [2.24, 2.45) is 0 Å². The molecule has 3 rings (SSSR count). The fraction of sp³-hybridized carbons (Fsp3) is 0.133. The number of nitrogens with zero attached hydrogens (tertiary/aromatic N) is 2. The lowest BCUT2D eigenvalue weighted by atomic mass is 10.2. The predicted octanol–water partition coefficient (Wildman–Crippen LogP) is 2.34. The van der Waals surface area contributed by atoms with Crippen molar-refractivity contribution < 1.29 is 18.9 Å². The second kappa shape index (κ2) is 5.95. The molecule has 2 heterocycles. The first-order valence-corrected chi connectivity index (χ1v) is 6.90. The molecule has 0 aliphatic heterocycles. The number of aromatic amines is 1. The number of benzene rings is 1. The van der Waals surface area contributed by atoms with Crippen LogP contribution in [0.15, 0.2) is 45.6 Å². The topological polar surface area (TPSA) is 128 Å². The van der Waals surface area contributed by atoms with Crippen molar-refractivity contribution >= 4 is 22.8 Å². The molecular weight excluding hydrogens is 318 g/mol. The van der Waals surface area contributed by atoms with Gasteiger partial charge in [0.05, 0.1) is 17.0 Å². The quantitative estimate of drug-likeness (QED) is 0.442. The highest BCUT2D eigenvalue weighted by atomic mass is 16.7. The zero-order valence-corrected chi connectivity index (χ0v) is 12.4. The van der Waals surface area contributed by atoms with Crippen molar-refractivity contribution in [3.63, 3.8) is 0 Å². The van der Waals surface area contributed by atoms with Crippen LogP contribution in [0.3, 0.4) is 0 Å². The SMILES string of the molecule is C[C@@H](OC(=O)c1ccc([N+](=O)[O-])o1)c1nc2ccccc2c(=O)[nH]1.